The molecule has 0 fully saturated rings. The number of nitrogens with one attached hydrogen (secondary N) is 1. The minimum Gasteiger partial charge on any atom is -0.381 e. The normalized spacial score (nSPS) is 10.4. The maximum Gasteiger partial charge on any atom is 0.126 e. The van der Waals surface area contributed by atoms with Gasteiger partial charge >= 0.3 is 0 Å². The van der Waals surface area contributed by atoms with Gasteiger partial charge < -0.3 is 5.32 Å². The Morgan fingerprint density at radius 3 is 2.67 bits per heavy atom. The molecule has 0 saturated heterocycles. The second-order valence-corrected chi connectivity index (χ2v) is 5.40. The SMILES string of the molecule is Cc1ccc(CNc2cc(F)cc(Cl)c2)c(Br)c1. The molecule has 1 nitrogen and oxygen atoms in total. The lowest BCUT2D eigenvalue weighted by Crippen LogP contribution is -2.00. The van der Waals surface area contributed by atoms with E-state index in [0.717, 1.165) is 10.0 Å². The zero-order chi connectivity index (χ0) is 13.1. The number of hydrogen-bond donors (Lipinski definition) is 1. The molecule has 0 heterocycles. The van der Waals surface area contributed by atoms with Gasteiger partial charge in [0, 0.05) is 21.7 Å². The van der Waals surface area contributed by atoms with Crippen LogP contribution in [0.5, 0.6) is 0 Å². The maximum atomic E-state index is 13.2. The first-order valence-electron chi connectivity index (χ1n) is 5.49. The molecule has 0 bridgehead atoms. The topological polar surface area (TPSA) is 12.0 Å². The molecule has 0 unspecified atom stereocenters. The molecule has 0 amide bonds. The van der Waals surface area contributed by atoms with Gasteiger partial charge in [0.25, 0.3) is 0 Å². The lowest BCUT2D eigenvalue weighted by atomic mass is 10.1. The van der Waals surface area contributed by atoms with E-state index in [2.05, 4.69) is 27.3 Å². The van der Waals surface area contributed by atoms with Crippen molar-refractivity contribution in [3.8, 4) is 0 Å². The third-order valence-electron chi connectivity index (χ3n) is 2.55. The fourth-order valence-corrected chi connectivity index (χ4v) is 2.50. The Bertz CT molecular complexity index is 551. The van der Waals surface area contributed by atoms with Gasteiger partial charge in [0.2, 0.25) is 0 Å². The third-order valence-corrected chi connectivity index (χ3v) is 3.51. The number of benzene rings is 2. The molecule has 4 heteroatoms. The molecule has 2 aromatic rings. The Balaban J connectivity index is 2.11. The lowest BCUT2D eigenvalue weighted by Gasteiger charge is -2.09. The van der Waals surface area contributed by atoms with Gasteiger partial charge in [0.15, 0.2) is 0 Å². The van der Waals surface area contributed by atoms with Crippen LogP contribution in [0.4, 0.5) is 10.1 Å². The van der Waals surface area contributed by atoms with Gasteiger partial charge in [-0.25, -0.2) is 4.39 Å². The van der Waals surface area contributed by atoms with Gasteiger partial charge in [-0.3, -0.25) is 0 Å². The first-order chi connectivity index (χ1) is 8.54. The molecule has 0 aliphatic rings. The molecule has 0 aromatic heterocycles. The number of aryl methyl sites for hydroxylation is 1. The van der Waals surface area contributed by atoms with Gasteiger partial charge in [-0.15, -0.1) is 0 Å². The highest BCUT2D eigenvalue weighted by atomic mass is 79.9. The highest BCUT2D eigenvalue weighted by Gasteiger charge is 2.02. The molecule has 0 atom stereocenters. The van der Waals surface area contributed by atoms with Crippen molar-refractivity contribution < 1.29 is 4.39 Å². The molecule has 0 saturated carbocycles. The summed E-state index contributed by atoms with van der Waals surface area (Å²) in [6, 6.07) is 10.5. The van der Waals surface area contributed by atoms with E-state index in [4.69, 9.17) is 11.6 Å². The smallest absolute Gasteiger partial charge is 0.126 e. The van der Waals surface area contributed by atoms with E-state index in [1.807, 2.05) is 19.1 Å². The monoisotopic (exact) mass is 327 g/mol. The highest BCUT2D eigenvalue weighted by Crippen LogP contribution is 2.22. The minimum absolute atomic E-state index is 0.340. The Morgan fingerprint density at radius 2 is 2.00 bits per heavy atom. The van der Waals surface area contributed by atoms with E-state index in [1.165, 1.54) is 17.7 Å². The first kappa shape index (κ1) is 13.4. The first-order valence-corrected chi connectivity index (χ1v) is 6.67. The van der Waals surface area contributed by atoms with E-state index < -0.39 is 0 Å². The van der Waals surface area contributed by atoms with Crippen LogP contribution < -0.4 is 5.32 Å². The van der Waals surface area contributed by atoms with Gasteiger partial charge in [-0.05, 0) is 42.3 Å². The molecule has 0 aliphatic carbocycles. The molecule has 2 aromatic carbocycles. The summed E-state index contributed by atoms with van der Waals surface area (Å²) in [5.74, 6) is -0.340. The van der Waals surface area contributed by atoms with Crippen molar-refractivity contribution in [3.05, 3.63) is 62.8 Å². The average Bonchev–Trinajstić information content (AvgIpc) is 2.26. The number of halogens is 3. The summed E-state index contributed by atoms with van der Waals surface area (Å²) >= 11 is 9.30. The zero-order valence-corrected chi connectivity index (χ0v) is 12.1. The van der Waals surface area contributed by atoms with Crippen molar-refractivity contribution in [2.24, 2.45) is 0 Å². The number of hydrogen-bond acceptors (Lipinski definition) is 1. The minimum atomic E-state index is -0.340. The zero-order valence-electron chi connectivity index (χ0n) is 9.81. The summed E-state index contributed by atoms with van der Waals surface area (Å²) in [5.41, 5.74) is 2.98. The standard InChI is InChI=1S/C14H12BrClFN/c1-9-2-3-10(14(15)4-9)8-18-13-6-11(16)5-12(17)7-13/h2-7,18H,8H2,1H3. The third kappa shape index (κ3) is 3.47. The number of anilines is 1. The van der Waals surface area contributed by atoms with Gasteiger partial charge in [0.05, 0.1) is 0 Å². The van der Waals surface area contributed by atoms with Crippen LogP contribution in [-0.4, -0.2) is 0 Å². The summed E-state index contributed by atoms with van der Waals surface area (Å²) in [6.07, 6.45) is 0. The lowest BCUT2D eigenvalue weighted by molar-refractivity contribution is 0.628. The largest absolute Gasteiger partial charge is 0.381 e. The quantitative estimate of drug-likeness (QED) is 0.820. The van der Waals surface area contributed by atoms with Crippen molar-refractivity contribution in [2.45, 2.75) is 13.5 Å². The van der Waals surface area contributed by atoms with Crippen molar-refractivity contribution in [1.29, 1.82) is 0 Å². The van der Waals surface area contributed by atoms with E-state index in [1.54, 1.807) is 6.07 Å². The molecule has 0 spiro atoms. The van der Waals surface area contributed by atoms with Gasteiger partial charge in [0.1, 0.15) is 5.82 Å². The molecule has 18 heavy (non-hydrogen) atoms. The second kappa shape index (κ2) is 5.72. The molecular formula is C14H12BrClFN. The molecule has 0 radical (unpaired) electrons. The van der Waals surface area contributed by atoms with Crippen molar-refractivity contribution in [1.82, 2.24) is 0 Å². The van der Waals surface area contributed by atoms with Crippen LogP contribution >= 0.6 is 27.5 Å². The van der Waals surface area contributed by atoms with E-state index in [-0.39, 0.29) is 5.82 Å². The predicted octanol–water partition coefficient (Wildman–Crippen LogP) is 5.16. The molecule has 0 aliphatic heterocycles. The second-order valence-electron chi connectivity index (χ2n) is 4.11. The Hall–Kier alpha value is -1.06. The van der Waals surface area contributed by atoms with Crippen LogP contribution in [0.3, 0.4) is 0 Å². The molecular weight excluding hydrogens is 317 g/mol. The summed E-state index contributed by atoms with van der Waals surface area (Å²) in [7, 11) is 0. The maximum absolute atomic E-state index is 13.2. The van der Waals surface area contributed by atoms with Crippen LogP contribution in [0.25, 0.3) is 0 Å². The van der Waals surface area contributed by atoms with Gasteiger partial charge in [-0.1, -0.05) is 39.7 Å². The van der Waals surface area contributed by atoms with Crippen LogP contribution in [-0.2, 0) is 6.54 Å². The van der Waals surface area contributed by atoms with E-state index in [9.17, 15) is 4.39 Å². The van der Waals surface area contributed by atoms with Gasteiger partial charge in [-0.2, -0.15) is 0 Å². The molecule has 94 valence electrons. The van der Waals surface area contributed by atoms with Crippen molar-refractivity contribution in [3.63, 3.8) is 0 Å². The van der Waals surface area contributed by atoms with Crippen LogP contribution in [0.1, 0.15) is 11.1 Å². The Kier molecular flexibility index (Phi) is 4.25. The van der Waals surface area contributed by atoms with Crippen LogP contribution in [0.15, 0.2) is 40.9 Å². The fraction of sp³-hybridized carbons (Fsp3) is 0.143. The highest BCUT2D eigenvalue weighted by molar-refractivity contribution is 9.10. The summed E-state index contributed by atoms with van der Waals surface area (Å²) in [4.78, 5) is 0. The Morgan fingerprint density at radius 1 is 1.22 bits per heavy atom. The van der Waals surface area contributed by atoms with E-state index >= 15 is 0 Å². The molecule has 1 N–H and O–H groups in total. The van der Waals surface area contributed by atoms with Crippen LogP contribution in [0, 0.1) is 12.7 Å². The number of rotatable bonds is 3. The summed E-state index contributed by atoms with van der Waals surface area (Å²) < 4.78 is 14.2. The predicted molar refractivity (Wildman–Crippen MR) is 77.6 cm³/mol. The fourth-order valence-electron chi connectivity index (χ4n) is 1.65. The Labute approximate surface area is 119 Å². The average molecular weight is 329 g/mol. The summed E-state index contributed by atoms with van der Waals surface area (Å²) in [5, 5.41) is 3.54. The summed E-state index contributed by atoms with van der Waals surface area (Å²) in [6.45, 7) is 2.65. The van der Waals surface area contributed by atoms with Crippen molar-refractivity contribution in [2.75, 3.05) is 5.32 Å². The molecule has 2 rings (SSSR count). The van der Waals surface area contributed by atoms with Crippen molar-refractivity contribution >= 4 is 33.2 Å². The van der Waals surface area contributed by atoms with Crippen LogP contribution in [0.2, 0.25) is 5.02 Å². The van der Waals surface area contributed by atoms with E-state index in [0.29, 0.717) is 17.3 Å².